The van der Waals surface area contributed by atoms with Crippen molar-refractivity contribution in [2.75, 3.05) is 7.05 Å². The summed E-state index contributed by atoms with van der Waals surface area (Å²) < 4.78 is 0. The van der Waals surface area contributed by atoms with Gasteiger partial charge in [0.2, 0.25) is 0 Å². The van der Waals surface area contributed by atoms with Gasteiger partial charge in [-0.25, -0.2) is 4.98 Å². The zero-order valence-electron chi connectivity index (χ0n) is 11.6. The van der Waals surface area contributed by atoms with Gasteiger partial charge in [0.1, 0.15) is 5.01 Å². The first kappa shape index (κ1) is 12.8. The van der Waals surface area contributed by atoms with Crippen LogP contribution in [0.15, 0.2) is 24.3 Å². The maximum absolute atomic E-state index is 4.84. The van der Waals surface area contributed by atoms with E-state index in [-0.39, 0.29) is 0 Å². The molecule has 100 valence electrons. The van der Waals surface area contributed by atoms with Gasteiger partial charge in [0.05, 0.1) is 5.69 Å². The molecule has 1 aliphatic rings. The summed E-state index contributed by atoms with van der Waals surface area (Å²) >= 11 is 1.87. The summed E-state index contributed by atoms with van der Waals surface area (Å²) in [5.74, 6) is 0. The molecule has 1 aromatic carbocycles. The van der Waals surface area contributed by atoms with Gasteiger partial charge >= 0.3 is 0 Å². The molecule has 2 aromatic rings. The summed E-state index contributed by atoms with van der Waals surface area (Å²) in [6.07, 6.45) is 4.56. The number of nitrogens with zero attached hydrogens (tertiary/aromatic N) is 1. The Hall–Kier alpha value is -1.19. The lowest BCUT2D eigenvalue weighted by molar-refractivity contribution is 0.497. The second-order valence-electron chi connectivity index (χ2n) is 5.17. The molecule has 1 N–H and O–H groups in total. The van der Waals surface area contributed by atoms with Gasteiger partial charge in [-0.3, -0.25) is 0 Å². The summed E-state index contributed by atoms with van der Waals surface area (Å²) in [7, 11) is 2.06. The molecule has 1 unspecified atom stereocenters. The van der Waals surface area contributed by atoms with Crippen LogP contribution in [0.2, 0.25) is 0 Å². The molecule has 0 aliphatic heterocycles. The van der Waals surface area contributed by atoms with Crippen molar-refractivity contribution in [1.82, 2.24) is 10.3 Å². The Morgan fingerprint density at radius 1 is 1.32 bits per heavy atom. The predicted molar refractivity (Wildman–Crippen MR) is 81.8 cm³/mol. The van der Waals surface area contributed by atoms with Gasteiger partial charge in [0.25, 0.3) is 0 Å². The second-order valence-corrected chi connectivity index (χ2v) is 6.25. The lowest BCUT2D eigenvalue weighted by Gasteiger charge is -2.19. The first-order valence-electron chi connectivity index (χ1n) is 7.05. The first-order chi connectivity index (χ1) is 9.30. The minimum atomic E-state index is 0.628. The third kappa shape index (κ3) is 2.58. The topological polar surface area (TPSA) is 24.9 Å². The molecule has 0 saturated heterocycles. The predicted octanol–water partition coefficient (Wildman–Crippen LogP) is 3.45. The van der Waals surface area contributed by atoms with Crippen molar-refractivity contribution in [3.05, 3.63) is 40.4 Å². The highest BCUT2D eigenvalue weighted by Gasteiger charge is 2.21. The van der Waals surface area contributed by atoms with E-state index in [9.17, 15) is 0 Å². The van der Waals surface area contributed by atoms with Crippen LogP contribution in [0.25, 0.3) is 10.6 Å². The van der Waals surface area contributed by atoms with Crippen LogP contribution in [0.5, 0.6) is 0 Å². The van der Waals surface area contributed by atoms with Crippen molar-refractivity contribution in [3.63, 3.8) is 0 Å². The number of hydrogen-bond acceptors (Lipinski definition) is 3. The Kier molecular flexibility index (Phi) is 3.67. The van der Waals surface area contributed by atoms with Crippen LogP contribution < -0.4 is 5.32 Å². The zero-order chi connectivity index (χ0) is 13.2. The minimum Gasteiger partial charge on any atom is -0.317 e. The van der Waals surface area contributed by atoms with E-state index in [0.29, 0.717) is 6.04 Å². The van der Waals surface area contributed by atoms with Crippen molar-refractivity contribution in [2.45, 2.75) is 38.6 Å². The fourth-order valence-electron chi connectivity index (χ4n) is 2.63. The molecule has 0 radical (unpaired) electrons. The summed E-state index contributed by atoms with van der Waals surface area (Å²) in [5, 5.41) is 4.57. The number of fused-ring (bicyclic) bond motifs is 1. The molecule has 1 aromatic heterocycles. The van der Waals surface area contributed by atoms with Gasteiger partial charge in [0, 0.05) is 16.5 Å². The molecule has 3 rings (SSSR count). The van der Waals surface area contributed by atoms with E-state index in [2.05, 4.69) is 43.6 Å². The van der Waals surface area contributed by atoms with Crippen LogP contribution in [-0.2, 0) is 19.3 Å². The molecule has 0 bridgehead atoms. The Morgan fingerprint density at radius 2 is 2.11 bits per heavy atom. The van der Waals surface area contributed by atoms with Crippen molar-refractivity contribution in [3.8, 4) is 10.6 Å². The van der Waals surface area contributed by atoms with Gasteiger partial charge in [0.15, 0.2) is 0 Å². The molecule has 1 aliphatic carbocycles. The fraction of sp³-hybridized carbons (Fsp3) is 0.438. The third-order valence-corrected chi connectivity index (χ3v) is 5.13. The molecule has 1 heterocycles. The molecular formula is C16H20N2S. The highest BCUT2D eigenvalue weighted by atomic mass is 32.1. The van der Waals surface area contributed by atoms with E-state index in [1.165, 1.54) is 33.1 Å². The van der Waals surface area contributed by atoms with Gasteiger partial charge in [-0.1, -0.05) is 31.2 Å². The number of likely N-dealkylation sites (N-methyl/N-ethyl adjacent to an activating group) is 1. The van der Waals surface area contributed by atoms with E-state index in [1.807, 2.05) is 11.3 Å². The maximum atomic E-state index is 4.84. The Bertz CT molecular complexity index is 557. The number of rotatable bonds is 3. The monoisotopic (exact) mass is 272 g/mol. The Balaban J connectivity index is 1.88. The Labute approximate surface area is 118 Å². The van der Waals surface area contributed by atoms with Crippen molar-refractivity contribution < 1.29 is 0 Å². The van der Waals surface area contributed by atoms with Crippen LogP contribution in [0.1, 0.15) is 29.5 Å². The summed E-state index contributed by atoms with van der Waals surface area (Å²) in [4.78, 5) is 6.31. The van der Waals surface area contributed by atoms with Gasteiger partial charge < -0.3 is 5.32 Å². The average molecular weight is 272 g/mol. The third-order valence-electron chi connectivity index (χ3n) is 3.96. The molecule has 19 heavy (non-hydrogen) atoms. The Morgan fingerprint density at radius 3 is 2.79 bits per heavy atom. The smallest absolute Gasteiger partial charge is 0.123 e. The number of benzene rings is 1. The van der Waals surface area contributed by atoms with Crippen LogP contribution in [0.3, 0.4) is 0 Å². The highest BCUT2D eigenvalue weighted by molar-refractivity contribution is 7.15. The van der Waals surface area contributed by atoms with Crippen molar-refractivity contribution in [1.29, 1.82) is 0 Å². The number of thiazole rings is 1. The number of aryl methyl sites for hydroxylation is 2. The summed E-state index contributed by atoms with van der Waals surface area (Å²) in [6, 6.07) is 9.47. The normalized spacial score (nSPS) is 18.3. The molecule has 2 nitrogen and oxygen atoms in total. The molecule has 3 heteroatoms. The van der Waals surface area contributed by atoms with Gasteiger partial charge in [-0.15, -0.1) is 11.3 Å². The van der Waals surface area contributed by atoms with Crippen molar-refractivity contribution in [2.24, 2.45) is 0 Å². The second kappa shape index (κ2) is 5.43. The summed E-state index contributed by atoms with van der Waals surface area (Å²) in [5.41, 5.74) is 3.98. The molecular weight excluding hydrogens is 252 g/mol. The number of nitrogens with one attached hydrogen (secondary N) is 1. The standard InChI is InChI=1S/C16H20N2S/c1-3-11-4-6-12(7-5-11)16-18-14-9-8-13(17-2)10-15(14)19-16/h4-7,13,17H,3,8-10H2,1-2H3. The quantitative estimate of drug-likeness (QED) is 0.925. The maximum Gasteiger partial charge on any atom is 0.123 e. The molecule has 1 atom stereocenters. The van der Waals surface area contributed by atoms with Gasteiger partial charge in [-0.2, -0.15) is 0 Å². The minimum absolute atomic E-state index is 0.628. The van der Waals surface area contributed by atoms with Gasteiger partial charge in [-0.05, 0) is 38.3 Å². The number of hydrogen-bond donors (Lipinski definition) is 1. The molecule has 0 amide bonds. The largest absolute Gasteiger partial charge is 0.317 e. The number of aromatic nitrogens is 1. The molecule has 0 spiro atoms. The van der Waals surface area contributed by atoms with E-state index >= 15 is 0 Å². The lowest BCUT2D eigenvalue weighted by Crippen LogP contribution is -2.30. The highest BCUT2D eigenvalue weighted by Crippen LogP contribution is 2.32. The summed E-state index contributed by atoms with van der Waals surface area (Å²) in [6.45, 7) is 2.19. The van der Waals surface area contributed by atoms with E-state index in [1.54, 1.807) is 0 Å². The van der Waals surface area contributed by atoms with Crippen LogP contribution in [0, 0.1) is 0 Å². The SMILES string of the molecule is CCc1ccc(-c2nc3c(s2)CC(NC)CC3)cc1. The van der Waals surface area contributed by atoms with Crippen molar-refractivity contribution >= 4 is 11.3 Å². The lowest BCUT2D eigenvalue weighted by atomic mass is 9.98. The van der Waals surface area contributed by atoms with Crippen LogP contribution in [-0.4, -0.2) is 18.1 Å². The van der Waals surface area contributed by atoms with E-state index in [4.69, 9.17) is 4.98 Å². The fourth-order valence-corrected chi connectivity index (χ4v) is 3.82. The molecule has 0 fully saturated rings. The van der Waals surface area contributed by atoms with Crippen LogP contribution in [0.4, 0.5) is 0 Å². The zero-order valence-corrected chi connectivity index (χ0v) is 12.4. The molecule has 0 saturated carbocycles. The van der Waals surface area contributed by atoms with E-state index < -0.39 is 0 Å². The average Bonchev–Trinajstić information content (AvgIpc) is 2.90. The van der Waals surface area contributed by atoms with E-state index in [0.717, 1.165) is 19.3 Å². The first-order valence-corrected chi connectivity index (χ1v) is 7.87. The van der Waals surface area contributed by atoms with Crippen LogP contribution >= 0.6 is 11.3 Å².